The first-order valence-corrected chi connectivity index (χ1v) is 11.4. The van der Waals surface area contributed by atoms with Gasteiger partial charge in [0.15, 0.2) is 5.11 Å². The summed E-state index contributed by atoms with van der Waals surface area (Å²) < 4.78 is 5.40. The Morgan fingerprint density at radius 1 is 1.17 bits per heavy atom. The monoisotopic (exact) mass is 445 g/mol. The molecule has 0 saturated carbocycles. The molecular weight excluding hydrogens is 414 g/mol. The van der Waals surface area contributed by atoms with Gasteiger partial charge < -0.3 is 20.7 Å². The molecule has 2 heterocycles. The largest absolute Gasteiger partial charge is 0.462 e. The molecule has 0 aliphatic carbocycles. The van der Waals surface area contributed by atoms with E-state index in [1.807, 2.05) is 19.1 Å². The molecule has 1 aromatic heterocycles. The highest BCUT2D eigenvalue weighted by atomic mass is 32.1. The Morgan fingerprint density at radius 2 is 1.80 bits per heavy atom. The molecule has 1 aliphatic heterocycles. The number of benzene rings is 1. The number of ether oxygens (including phenoxy) is 1. The number of hydrogen-bond acceptors (Lipinski definition) is 5. The van der Waals surface area contributed by atoms with Gasteiger partial charge in [-0.25, -0.2) is 4.79 Å². The van der Waals surface area contributed by atoms with Gasteiger partial charge >= 0.3 is 5.97 Å². The van der Waals surface area contributed by atoms with E-state index in [0.717, 1.165) is 38.7 Å². The number of carbonyl (C=O) groups is 1. The fourth-order valence-electron chi connectivity index (χ4n) is 4.35. The predicted molar refractivity (Wildman–Crippen MR) is 130 cm³/mol. The predicted octanol–water partition coefficient (Wildman–Crippen LogP) is 5.51. The normalized spacial score (nSPS) is 16.5. The summed E-state index contributed by atoms with van der Waals surface area (Å²) in [4.78, 5) is 14.1. The number of aryl methyl sites for hydroxylation is 2. The molecule has 0 saturated heterocycles. The first-order chi connectivity index (χ1) is 13.9. The maximum atomic E-state index is 12.9. The topological polar surface area (TPSA) is 62.4 Å². The quantitative estimate of drug-likeness (QED) is 0.426. The molecule has 1 aromatic carbocycles. The molecule has 3 N–H and O–H groups in total. The Balaban J connectivity index is 1.97. The van der Waals surface area contributed by atoms with Crippen molar-refractivity contribution in [1.82, 2.24) is 5.32 Å². The van der Waals surface area contributed by atoms with Gasteiger partial charge in [-0.15, -0.1) is 11.3 Å². The number of esters is 1. The number of carbonyl (C=O) groups excluding carboxylic acids is 1. The number of rotatable bonds is 4. The van der Waals surface area contributed by atoms with E-state index in [1.165, 1.54) is 0 Å². The minimum atomic E-state index is -0.305. The van der Waals surface area contributed by atoms with E-state index >= 15 is 0 Å². The Hall–Kier alpha value is -1.96. The second kappa shape index (κ2) is 8.29. The fraction of sp³-hybridized carbons (Fsp3) is 0.478. The number of thiophene rings is 1. The van der Waals surface area contributed by atoms with Gasteiger partial charge in [-0.2, -0.15) is 0 Å². The first-order valence-electron chi connectivity index (χ1n) is 10.2. The highest BCUT2D eigenvalue weighted by Gasteiger charge is 2.42. The van der Waals surface area contributed by atoms with E-state index in [9.17, 15) is 4.79 Å². The summed E-state index contributed by atoms with van der Waals surface area (Å²) in [5, 5.41) is 11.4. The Morgan fingerprint density at radius 3 is 2.40 bits per heavy atom. The van der Waals surface area contributed by atoms with Crippen molar-refractivity contribution in [2.24, 2.45) is 0 Å². The van der Waals surface area contributed by atoms with Crippen LogP contribution in [0.1, 0.15) is 66.5 Å². The molecular formula is C23H31N3O2S2. The van der Waals surface area contributed by atoms with Crippen molar-refractivity contribution in [2.75, 3.05) is 17.2 Å². The van der Waals surface area contributed by atoms with E-state index in [2.05, 4.69) is 63.6 Å². The third kappa shape index (κ3) is 4.85. The molecule has 0 bridgehead atoms. The maximum absolute atomic E-state index is 12.9. The van der Waals surface area contributed by atoms with Crippen LogP contribution in [-0.2, 0) is 16.7 Å². The lowest BCUT2D eigenvalue weighted by Gasteiger charge is -2.42. The summed E-state index contributed by atoms with van der Waals surface area (Å²) in [6, 6.07) is 6.20. The van der Waals surface area contributed by atoms with E-state index in [-0.39, 0.29) is 17.0 Å². The molecule has 7 heteroatoms. The molecule has 0 unspecified atom stereocenters. The van der Waals surface area contributed by atoms with Crippen molar-refractivity contribution < 1.29 is 9.53 Å². The fourth-order valence-corrected chi connectivity index (χ4v) is 5.90. The van der Waals surface area contributed by atoms with Gasteiger partial charge in [-0.3, -0.25) is 0 Å². The molecule has 0 fully saturated rings. The molecule has 162 valence electrons. The van der Waals surface area contributed by atoms with E-state index in [4.69, 9.17) is 17.0 Å². The van der Waals surface area contributed by atoms with Gasteiger partial charge in [-0.1, -0.05) is 6.07 Å². The maximum Gasteiger partial charge on any atom is 0.341 e. The minimum absolute atomic E-state index is 0.131. The average molecular weight is 446 g/mol. The average Bonchev–Trinajstić information content (AvgIpc) is 2.90. The highest BCUT2D eigenvalue weighted by Crippen LogP contribution is 2.45. The van der Waals surface area contributed by atoms with Crippen LogP contribution in [-0.4, -0.2) is 23.2 Å². The smallest absolute Gasteiger partial charge is 0.341 e. The Kier molecular flexibility index (Phi) is 6.28. The lowest BCUT2D eigenvalue weighted by atomic mass is 9.81. The van der Waals surface area contributed by atoms with Crippen LogP contribution < -0.4 is 16.0 Å². The van der Waals surface area contributed by atoms with E-state index < -0.39 is 0 Å². The van der Waals surface area contributed by atoms with Crippen LogP contribution >= 0.6 is 23.6 Å². The van der Waals surface area contributed by atoms with Gasteiger partial charge in [0.2, 0.25) is 0 Å². The van der Waals surface area contributed by atoms with Crippen LogP contribution in [0.2, 0.25) is 0 Å². The van der Waals surface area contributed by atoms with Crippen LogP contribution in [0.15, 0.2) is 18.2 Å². The van der Waals surface area contributed by atoms with Crippen molar-refractivity contribution in [1.29, 1.82) is 0 Å². The highest BCUT2D eigenvalue weighted by molar-refractivity contribution is 7.80. The molecule has 30 heavy (non-hydrogen) atoms. The SMILES string of the molecule is CCOC(=O)c1c(NC(=S)Nc2cc(C)cc(C)c2)sc2c1CC(C)(C)NC2(C)C. The zero-order chi connectivity index (χ0) is 22.3. The Labute approximate surface area is 188 Å². The Bertz CT molecular complexity index is 972. The molecule has 0 radical (unpaired) electrons. The van der Waals surface area contributed by atoms with Crippen molar-refractivity contribution >= 4 is 45.3 Å². The third-order valence-electron chi connectivity index (χ3n) is 5.03. The van der Waals surface area contributed by atoms with Crippen LogP contribution in [0, 0.1) is 13.8 Å². The van der Waals surface area contributed by atoms with Gasteiger partial charge in [0.05, 0.1) is 12.2 Å². The lowest BCUT2D eigenvalue weighted by molar-refractivity contribution is 0.0526. The minimum Gasteiger partial charge on any atom is -0.462 e. The number of hydrogen-bond donors (Lipinski definition) is 3. The van der Waals surface area contributed by atoms with E-state index in [0.29, 0.717) is 17.3 Å². The number of fused-ring (bicyclic) bond motifs is 1. The molecule has 3 rings (SSSR count). The third-order valence-corrected chi connectivity index (χ3v) is 6.71. The van der Waals surface area contributed by atoms with Gasteiger partial charge in [0.1, 0.15) is 5.00 Å². The second-order valence-corrected chi connectivity index (χ2v) is 10.5. The molecule has 0 atom stereocenters. The van der Waals surface area contributed by atoms with Gasteiger partial charge in [0, 0.05) is 21.6 Å². The molecule has 5 nitrogen and oxygen atoms in total. The summed E-state index contributed by atoms with van der Waals surface area (Å²) in [5.41, 5.74) is 4.50. The molecule has 1 aliphatic rings. The summed E-state index contributed by atoms with van der Waals surface area (Å²) >= 11 is 7.14. The number of thiocarbonyl (C=S) groups is 1. The zero-order valence-electron chi connectivity index (χ0n) is 18.8. The van der Waals surface area contributed by atoms with Crippen LogP contribution in [0.25, 0.3) is 0 Å². The second-order valence-electron chi connectivity index (χ2n) is 9.10. The van der Waals surface area contributed by atoms with Crippen LogP contribution in [0.3, 0.4) is 0 Å². The number of anilines is 2. The van der Waals surface area contributed by atoms with Crippen LogP contribution in [0.4, 0.5) is 10.7 Å². The van der Waals surface area contributed by atoms with Crippen molar-refractivity contribution in [3.05, 3.63) is 45.3 Å². The van der Waals surface area contributed by atoms with Gasteiger partial charge in [-0.05, 0) is 95.9 Å². The molecule has 0 spiro atoms. The van der Waals surface area contributed by atoms with E-state index in [1.54, 1.807) is 11.3 Å². The summed E-state index contributed by atoms with van der Waals surface area (Å²) in [6.45, 7) is 14.9. The summed E-state index contributed by atoms with van der Waals surface area (Å²) in [5.74, 6) is -0.305. The van der Waals surface area contributed by atoms with Crippen molar-refractivity contribution in [3.63, 3.8) is 0 Å². The standard InChI is InChI=1S/C23H31N3O2S2/c1-8-28-20(27)17-16-12-22(4,5)26-23(6,7)18(16)30-19(17)25-21(29)24-15-10-13(2)9-14(3)11-15/h9-11,26H,8,12H2,1-7H3,(H2,24,25,29). The summed E-state index contributed by atoms with van der Waals surface area (Å²) in [7, 11) is 0. The first kappa shape index (κ1) is 22.7. The zero-order valence-corrected chi connectivity index (χ0v) is 20.4. The van der Waals surface area contributed by atoms with Crippen molar-refractivity contribution in [3.8, 4) is 0 Å². The summed E-state index contributed by atoms with van der Waals surface area (Å²) in [6.07, 6.45) is 0.745. The van der Waals surface area contributed by atoms with Gasteiger partial charge in [0.25, 0.3) is 0 Å². The van der Waals surface area contributed by atoms with Crippen LogP contribution in [0.5, 0.6) is 0 Å². The molecule has 2 aromatic rings. The number of nitrogens with one attached hydrogen (secondary N) is 3. The van der Waals surface area contributed by atoms with Crippen molar-refractivity contribution in [2.45, 2.75) is 66.0 Å². The lowest BCUT2D eigenvalue weighted by Crippen LogP contribution is -2.55. The molecule has 0 amide bonds.